The molecule has 1 N–H and O–H groups in total. The van der Waals surface area contributed by atoms with Crippen LogP contribution in [0.1, 0.15) is 37.9 Å². The first-order valence-corrected chi connectivity index (χ1v) is 7.30. The van der Waals surface area contributed by atoms with Crippen molar-refractivity contribution < 1.29 is 14.4 Å². The van der Waals surface area contributed by atoms with E-state index in [9.17, 15) is 9.59 Å². The largest absolute Gasteiger partial charge is 0.339 e. The molecular formula is C15H19N3O3. The van der Waals surface area contributed by atoms with E-state index >= 15 is 0 Å². The maximum absolute atomic E-state index is 12.1. The molecule has 1 aliphatic carbocycles. The van der Waals surface area contributed by atoms with E-state index in [1.54, 1.807) is 12.4 Å². The number of nitrogens with zero attached hydrogens (tertiary/aromatic N) is 2. The first kappa shape index (κ1) is 14.0. The van der Waals surface area contributed by atoms with E-state index in [0.717, 1.165) is 18.4 Å². The summed E-state index contributed by atoms with van der Waals surface area (Å²) in [5.41, 5.74) is 3.42. The number of likely N-dealkylation sites (tertiary alicyclic amines) is 1. The number of hydrogen-bond donors (Lipinski definition) is 1. The van der Waals surface area contributed by atoms with Crippen molar-refractivity contribution in [2.45, 2.75) is 38.3 Å². The van der Waals surface area contributed by atoms with Gasteiger partial charge in [-0.25, -0.2) is 5.48 Å². The number of amides is 2. The van der Waals surface area contributed by atoms with Gasteiger partial charge in [0.25, 0.3) is 0 Å². The number of rotatable bonds is 5. The topological polar surface area (TPSA) is 71.5 Å². The van der Waals surface area contributed by atoms with E-state index in [1.165, 1.54) is 0 Å². The molecule has 0 radical (unpaired) electrons. The smallest absolute Gasteiger partial charge is 0.248 e. The fourth-order valence-electron chi connectivity index (χ4n) is 2.58. The van der Waals surface area contributed by atoms with Crippen LogP contribution in [0.15, 0.2) is 24.5 Å². The Morgan fingerprint density at radius 1 is 1.43 bits per heavy atom. The van der Waals surface area contributed by atoms with Crippen LogP contribution in [-0.2, 0) is 14.4 Å². The van der Waals surface area contributed by atoms with Gasteiger partial charge in [-0.1, -0.05) is 0 Å². The second kappa shape index (κ2) is 5.81. The van der Waals surface area contributed by atoms with Crippen molar-refractivity contribution in [1.82, 2.24) is 15.4 Å². The van der Waals surface area contributed by atoms with E-state index in [4.69, 9.17) is 4.84 Å². The van der Waals surface area contributed by atoms with E-state index < -0.39 is 0 Å². The molecule has 0 spiro atoms. The highest BCUT2D eigenvalue weighted by Crippen LogP contribution is 2.32. The van der Waals surface area contributed by atoms with Crippen molar-refractivity contribution in [3.8, 4) is 0 Å². The van der Waals surface area contributed by atoms with Crippen LogP contribution >= 0.6 is 0 Å². The first-order chi connectivity index (χ1) is 10.1. The zero-order chi connectivity index (χ0) is 14.8. The van der Waals surface area contributed by atoms with Crippen molar-refractivity contribution in [3.05, 3.63) is 30.1 Å². The van der Waals surface area contributed by atoms with Crippen molar-refractivity contribution in [1.29, 1.82) is 0 Å². The molecule has 1 aromatic rings. The highest BCUT2D eigenvalue weighted by molar-refractivity contribution is 5.89. The van der Waals surface area contributed by atoms with E-state index in [1.807, 2.05) is 24.0 Å². The van der Waals surface area contributed by atoms with E-state index in [0.29, 0.717) is 12.6 Å². The van der Waals surface area contributed by atoms with Gasteiger partial charge in [0.15, 0.2) is 0 Å². The maximum atomic E-state index is 12.1. The Balaban J connectivity index is 1.49. The Morgan fingerprint density at radius 2 is 2.14 bits per heavy atom. The molecule has 0 bridgehead atoms. The zero-order valence-corrected chi connectivity index (χ0v) is 12.0. The minimum Gasteiger partial charge on any atom is -0.339 e. The summed E-state index contributed by atoms with van der Waals surface area (Å²) >= 11 is 0. The summed E-state index contributed by atoms with van der Waals surface area (Å²) < 4.78 is 0. The van der Waals surface area contributed by atoms with Crippen LogP contribution in [0, 0.1) is 5.92 Å². The monoisotopic (exact) mass is 289 g/mol. The number of aromatic nitrogens is 1. The van der Waals surface area contributed by atoms with Crippen LogP contribution in [0.5, 0.6) is 0 Å². The van der Waals surface area contributed by atoms with Crippen LogP contribution in [0.2, 0.25) is 0 Å². The van der Waals surface area contributed by atoms with Gasteiger partial charge < -0.3 is 4.90 Å². The Hall–Kier alpha value is -1.95. The van der Waals surface area contributed by atoms with Gasteiger partial charge in [0.2, 0.25) is 11.8 Å². The molecule has 3 rings (SSSR count). The van der Waals surface area contributed by atoms with Gasteiger partial charge in [-0.3, -0.25) is 19.4 Å². The summed E-state index contributed by atoms with van der Waals surface area (Å²) in [4.78, 5) is 35.1. The van der Waals surface area contributed by atoms with Crippen LogP contribution in [-0.4, -0.2) is 34.3 Å². The Bertz CT molecular complexity index is 530. The molecule has 2 amide bonds. The summed E-state index contributed by atoms with van der Waals surface area (Å²) in [6.45, 7) is 2.37. The fraction of sp³-hybridized carbons (Fsp3) is 0.533. The number of hydrogen-bond acceptors (Lipinski definition) is 4. The fourth-order valence-corrected chi connectivity index (χ4v) is 2.58. The lowest BCUT2D eigenvalue weighted by atomic mass is 10.1. The van der Waals surface area contributed by atoms with Gasteiger partial charge in [0.1, 0.15) is 6.10 Å². The molecule has 2 fully saturated rings. The Kier molecular flexibility index (Phi) is 3.88. The maximum Gasteiger partial charge on any atom is 0.248 e. The van der Waals surface area contributed by atoms with Crippen molar-refractivity contribution in [2.75, 3.05) is 6.54 Å². The number of nitrogens with one attached hydrogen (secondary N) is 1. The minimum absolute atomic E-state index is 0.0832. The van der Waals surface area contributed by atoms with E-state index in [2.05, 4.69) is 10.5 Å². The van der Waals surface area contributed by atoms with Crippen molar-refractivity contribution >= 4 is 11.8 Å². The van der Waals surface area contributed by atoms with Gasteiger partial charge in [-0.2, -0.15) is 0 Å². The van der Waals surface area contributed by atoms with Gasteiger partial charge in [0.05, 0.1) is 5.92 Å². The standard InChI is InChI=1S/C15H19N3O3/c1-10(11-4-6-16-7-5-11)21-17-15(20)12-8-14(19)18(9-12)13-2-3-13/h4-7,10,12-13H,2-3,8-9H2,1H3,(H,17,20)/t10-,12?/m0/s1. The number of hydroxylamine groups is 1. The number of carbonyl (C=O) groups excluding carboxylic acids is 2. The molecule has 2 aliphatic rings. The molecule has 1 saturated carbocycles. The van der Waals surface area contributed by atoms with Crippen molar-refractivity contribution in [2.24, 2.45) is 5.92 Å². The van der Waals surface area contributed by atoms with Crippen LogP contribution < -0.4 is 5.48 Å². The third-order valence-corrected chi connectivity index (χ3v) is 4.03. The average molecular weight is 289 g/mol. The lowest BCUT2D eigenvalue weighted by molar-refractivity contribution is -0.142. The minimum atomic E-state index is -0.303. The molecule has 2 atom stereocenters. The summed E-state index contributed by atoms with van der Waals surface area (Å²) in [7, 11) is 0. The first-order valence-electron chi connectivity index (χ1n) is 7.30. The quantitative estimate of drug-likeness (QED) is 0.827. The zero-order valence-electron chi connectivity index (χ0n) is 12.0. The third kappa shape index (κ3) is 3.21. The third-order valence-electron chi connectivity index (χ3n) is 4.03. The van der Waals surface area contributed by atoms with Gasteiger partial charge in [0, 0.05) is 31.4 Å². The van der Waals surface area contributed by atoms with Crippen LogP contribution in [0.25, 0.3) is 0 Å². The molecule has 1 unspecified atom stereocenters. The summed E-state index contributed by atoms with van der Waals surface area (Å²) in [6.07, 6.45) is 5.52. The second-order valence-electron chi connectivity index (χ2n) is 5.69. The SMILES string of the molecule is C[C@H](ONC(=O)C1CC(=O)N(C2CC2)C1)c1ccncc1. The molecule has 2 heterocycles. The number of pyridine rings is 1. The average Bonchev–Trinajstić information content (AvgIpc) is 3.28. The highest BCUT2D eigenvalue weighted by atomic mass is 16.7. The van der Waals surface area contributed by atoms with Gasteiger partial charge in [-0.15, -0.1) is 0 Å². The molecule has 6 heteroatoms. The molecule has 6 nitrogen and oxygen atoms in total. The summed E-state index contributed by atoms with van der Waals surface area (Å²) in [6, 6.07) is 4.04. The molecule has 1 saturated heterocycles. The lowest BCUT2D eigenvalue weighted by Crippen LogP contribution is -2.34. The number of carbonyl (C=O) groups is 2. The second-order valence-corrected chi connectivity index (χ2v) is 5.69. The Labute approximate surface area is 123 Å². The molecule has 112 valence electrons. The molecule has 0 aromatic carbocycles. The summed E-state index contributed by atoms with van der Waals surface area (Å²) in [5, 5.41) is 0. The van der Waals surface area contributed by atoms with E-state index in [-0.39, 0.29) is 30.3 Å². The predicted octanol–water partition coefficient (Wildman–Crippen LogP) is 1.20. The van der Waals surface area contributed by atoms with Gasteiger partial charge >= 0.3 is 0 Å². The normalized spacial score (nSPS) is 23.2. The highest BCUT2D eigenvalue weighted by Gasteiger charge is 2.41. The van der Waals surface area contributed by atoms with Gasteiger partial charge in [-0.05, 0) is 37.5 Å². The molecule has 1 aliphatic heterocycles. The summed E-state index contributed by atoms with van der Waals surface area (Å²) in [5.74, 6) is -0.435. The predicted molar refractivity (Wildman–Crippen MR) is 74.7 cm³/mol. The Morgan fingerprint density at radius 3 is 2.81 bits per heavy atom. The molecule has 1 aromatic heterocycles. The molecule has 21 heavy (non-hydrogen) atoms. The van der Waals surface area contributed by atoms with Crippen LogP contribution in [0.4, 0.5) is 0 Å². The van der Waals surface area contributed by atoms with Crippen LogP contribution in [0.3, 0.4) is 0 Å². The van der Waals surface area contributed by atoms with Crippen molar-refractivity contribution in [3.63, 3.8) is 0 Å². The lowest BCUT2D eigenvalue weighted by Gasteiger charge is -2.17. The molecular weight excluding hydrogens is 270 g/mol.